The second-order valence-electron chi connectivity index (χ2n) is 6.61. The third kappa shape index (κ3) is 3.30. The highest BCUT2D eigenvalue weighted by Gasteiger charge is 2.36. The summed E-state index contributed by atoms with van der Waals surface area (Å²) in [6.45, 7) is 0. The highest BCUT2D eigenvalue weighted by Crippen LogP contribution is 2.31. The molecule has 10 heteroatoms. The van der Waals surface area contributed by atoms with E-state index in [-0.39, 0.29) is 39.3 Å². The number of carbonyl (C=O) groups is 1. The van der Waals surface area contributed by atoms with E-state index in [1.54, 1.807) is 18.2 Å². The Labute approximate surface area is 179 Å². The number of hydrogen-bond donors (Lipinski definition) is 1. The minimum absolute atomic E-state index is 0.0330. The predicted molar refractivity (Wildman–Crippen MR) is 113 cm³/mol. The van der Waals surface area contributed by atoms with Crippen LogP contribution in [0.1, 0.15) is 16.9 Å². The van der Waals surface area contributed by atoms with Gasteiger partial charge in [0.2, 0.25) is 0 Å². The van der Waals surface area contributed by atoms with Gasteiger partial charge < -0.3 is 10.2 Å². The van der Waals surface area contributed by atoms with E-state index in [0.29, 0.717) is 11.3 Å². The summed E-state index contributed by atoms with van der Waals surface area (Å²) in [4.78, 5) is 23.3. The van der Waals surface area contributed by atoms with Gasteiger partial charge in [0.25, 0.3) is 5.91 Å². The molecular weight excluding hydrogens is 423 g/mol. The Balaban J connectivity index is 1.69. The van der Waals surface area contributed by atoms with Crippen molar-refractivity contribution in [2.45, 2.75) is 0 Å². The second-order valence-corrected chi connectivity index (χ2v) is 6.99. The number of anilines is 1. The predicted octanol–water partition coefficient (Wildman–Crippen LogP) is 3.53. The van der Waals surface area contributed by atoms with Gasteiger partial charge in [-0.1, -0.05) is 17.7 Å². The number of fused-ring (bicyclic) bond motifs is 1. The second kappa shape index (κ2) is 7.29. The van der Waals surface area contributed by atoms with Crippen molar-refractivity contribution in [1.82, 2.24) is 15.1 Å². The van der Waals surface area contributed by atoms with E-state index in [9.17, 15) is 9.18 Å². The van der Waals surface area contributed by atoms with Gasteiger partial charge in [-0.25, -0.2) is 14.4 Å². The molecule has 0 saturated heterocycles. The fraction of sp³-hybridized carbons (Fsp3) is 0. The van der Waals surface area contributed by atoms with E-state index in [2.05, 4.69) is 20.2 Å². The molecular formula is C21H12ClFN6O2. The monoisotopic (exact) mass is 434 g/mol. The number of halogens is 2. The number of amides is 1. The molecule has 1 aromatic carbocycles. The lowest BCUT2D eigenvalue weighted by Gasteiger charge is -2.22. The van der Waals surface area contributed by atoms with E-state index in [1.165, 1.54) is 47.8 Å². The number of benzene rings is 1. The molecule has 2 aliphatic rings. The number of aliphatic imine (C=N–C) groups is 2. The van der Waals surface area contributed by atoms with Gasteiger partial charge in [0.15, 0.2) is 16.8 Å². The van der Waals surface area contributed by atoms with Crippen LogP contribution in [-0.2, 0) is 4.79 Å². The molecule has 1 amide bonds. The van der Waals surface area contributed by atoms with Gasteiger partial charge in [-0.05, 0) is 30.3 Å². The van der Waals surface area contributed by atoms with Gasteiger partial charge in [0.1, 0.15) is 17.2 Å². The zero-order valence-corrected chi connectivity index (χ0v) is 16.4. The van der Waals surface area contributed by atoms with Gasteiger partial charge in [-0.2, -0.15) is 5.10 Å². The maximum atomic E-state index is 14.7. The van der Waals surface area contributed by atoms with Crippen LogP contribution in [0.3, 0.4) is 0 Å². The topological polar surface area (TPSA) is 110 Å². The SMILES string of the molecule is Nc1cccc(C2=CN3C(=O)/C(=C/c4ccco4)N=C3C(c3cnnc(Cl)c3)=N2)c1F. The third-order valence-corrected chi connectivity index (χ3v) is 4.80. The molecule has 0 saturated carbocycles. The summed E-state index contributed by atoms with van der Waals surface area (Å²) in [7, 11) is 0. The van der Waals surface area contributed by atoms with E-state index >= 15 is 0 Å². The molecule has 0 fully saturated rings. The molecule has 5 rings (SSSR count). The van der Waals surface area contributed by atoms with Gasteiger partial charge in [-0.15, -0.1) is 5.10 Å². The first-order chi connectivity index (χ1) is 15.0. The summed E-state index contributed by atoms with van der Waals surface area (Å²) in [6.07, 6.45) is 5.85. The Morgan fingerprint density at radius 3 is 2.84 bits per heavy atom. The number of hydrogen-bond acceptors (Lipinski definition) is 7. The van der Waals surface area contributed by atoms with Crippen LogP contribution in [-0.4, -0.2) is 32.6 Å². The number of rotatable bonds is 3. The largest absolute Gasteiger partial charge is 0.465 e. The van der Waals surface area contributed by atoms with Crippen LogP contribution < -0.4 is 5.73 Å². The fourth-order valence-electron chi connectivity index (χ4n) is 3.19. The maximum absolute atomic E-state index is 14.7. The number of nitrogens with zero attached hydrogens (tertiary/aromatic N) is 5. The smallest absolute Gasteiger partial charge is 0.282 e. The van der Waals surface area contributed by atoms with Gasteiger partial charge in [-0.3, -0.25) is 9.69 Å². The zero-order chi connectivity index (χ0) is 21.5. The lowest BCUT2D eigenvalue weighted by Crippen LogP contribution is -2.36. The van der Waals surface area contributed by atoms with Crippen molar-refractivity contribution < 1.29 is 13.6 Å². The Kier molecular flexibility index (Phi) is 4.45. The van der Waals surface area contributed by atoms with Crippen LogP contribution in [0.25, 0.3) is 11.8 Å². The fourth-order valence-corrected chi connectivity index (χ4v) is 3.35. The molecule has 2 aromatic heterocycles. The molecule has 0 aliphatic carbocycles. The Bertz CT molecular complexity index is 1340. The Hall–Kier alpha value is -4.11. The molecule has 8 nitrogen and oxygen atoms in total. The first kappa shape index (κ1) is 18.9. The minimum atomic E-state index is -0.638. The summed E-state index contributed by atoms with van der Waals surface area (Å²) in [5.74, 6) is -0.347. The minimum Gasteiger partial charge on any atom is -0.465 e. The molecule has 31 heavy (non-hydrogen) atoms. The maximum Gasteiger partial charge on any atom is 0.282 e. The first-order valence-corrected chi connectivity index (χ1v) is 9.40. The van der Waals surface area contributed by atoms with Crippen LogP contribution in [0.5, 0.6) is 0 Å². The summed E-state index contributed by atoms with van der Waals surface area (Å²) in [5.41, 5.74) is 6.90. The Morgan fingerprint density at radius 2 is 2.06 bits per heavy atom. The van der Waals surface area contributed by atoms with Gasteiger partial charge >= 0.3 is 0 Å². The molecule has 152 valence electrons. The number of aromatic nitrogens is 2. The van der Waals surface area contributed by atoms with Crippen LogP contribution in [0.4, 0.5) is 10.1 Å². The highest BCUT2D eigenvalue weighted by atomic mass is 35.5. The first-order valence-electron chi connectivity index (χ1n) is 9.02. The number of nitrogens with two attached hydrogens (primary N) is 1. The Morgan fingerprint density at radius 1 is 1.19 bits per heavy atom. The number of furan rings is 1. The van der Waals surface area contributed by atoms with Crippen molar-refractivity contribution in [3.05, 3.63) is 88.6 Å². The van der Waals surface area contributed by atoms with Crippen molar-refractivity contribution in [1.29, 1.82) is 0 Å². The molecule has 0 radical (unpaired) electrons. The molecule has 0 bridgehead atoms. The number of amidine groups is 1. The molecule has 2 aliphatic heterocycles. The summed E-state index contributed by atoms with van der Waals surface area (Å²) in [5, 5.41) is 7.70. The van der Waals surface area contributed by atoms with Crippen LogP contribution in [0.15, 0.2) is 75.2 Å². The van der Waals surface area contributed by atoms with E-state index in [1.807, 2.05) is 0 Å². The molecule has 0 unspecified atom stereocenters. The lowest BCUT2D eigenvalue weighted by atomic mass is 10.1. The molecule has 0 atom stereocenters. The molecule has 2 N–H and O–H groups in total. The lowest BCUT2D eigenvalue weighted by molar-refractivity contribution is -0.120. The summed E-state index contributed by atoms with van der Waals surface area (Å²) < 4.78 is 20.0. The molecule has 0 spiro atoms. The molecule has 3 aromatic rings. The average molecular weight is 435 g/mol. The summed E-state index contributed by atoms with van der Waals surface area (Å²) in [6, 6.07) is 9.50. The number of nitrogen functional groups attached to an aromatic ring is 1. The summed E-state index contributed by atoms with van der Waals surface area (Å²) >= 11 is 5.99. The average Bonchev–Trinajstić information content (AvgIpc) is 3.38. The van der Waals surface area contributed by atoms with Crippen LogP contribution >= 0.6 is 11.6 Å². The third-order valence-electron chi connectivity index (χ3n) is 4.61. The van der Waals surface area contributed by atoms with Crippen molar-refractivity contribution in [2.75, 3.05) is 5.73 Å². The molecule has 4 heterocycles. The quantitative estimate of drug-likeness (QED) is 0.501. The van der Waals surface area contributed by atoms with Crippen molar-refractivity contribution in [3.63, 3.8) is 0 Å². The van der Waals surface area contributed by atoms with Crippen molar-refractivity contribution >= 4 is 46.5 Å². The normalized spacial score (nSPS) is 16.8. The van der Waals surface area contributed by atoms with Crippen molar-refractivity contribution in [2.24, 2.45) is 9.98 Å². The van der Waals surface area contributed by atoms with Gasteiger partial charge in [0.05, 0.1) is 23.8 Å². The van der Waals surface area contributed by atoms with Crippen LogP contribution in [0.2, 0.25) is 5.15 Å². The number of carbonyl (C=O) groups excluding carboxylic acids is 1. The zero-order valence-electron chi connectivity index (χ0n) is 15.7. The standard InChI is InChI=1S/C21H12ClFN6O2/c22-17-7-11(9-25-28-17)19-20-27-15(8-12-3-2-6-31-12)21(30)29(20)10-16(26-19)13-4-1-5-14(24)18(13)23/h1-10H,24H2/b15-8-. The van der Waals surface area contributed by atoms with E-state index < -0.39 is 11.7 Å². The van der Waals surface area contributed by atoms with Crippen molar-refractivity contribution in [3.8, 4) is 0 Å². The van der Waals surface area contributed by atoms with Crippen LogP contribution in [0, 0.1) is 5.82 Å². The van der Waals surface area contributed by atoms with E-state index in [4.69, 9.17) is 21.8 Å². The highest BCUT2D eigenvalue weighted by molar-refractivity contribution is 6.53. The van der Waals surface area contributed by atoms with E-state index in [0.717, 1.165) is 0 Å². The van der Waals surface area contributed by atoms with Gasteiger partial charge in [0, 0.05) is 23.4 Å².